The van der Waals surface area contributed by atoms with Gasteiger partial charge in [0.15, 0.2) is 0 Å². The fourth-order valence-corrected chi connectivity index (χ4v) is 4.73. The number of aromatic nitrogens is 4. The Kier molecular flexibility index (Phi) is 3.85. The van der Waals surface area contributed by atoms with Crippen molar-refractivity contribution in [1.29, 1.82) is 0 Å². The van der Waals surface area contributed by atoms with Crippen molar-refractivity contribution in [2.24, 2.45) is 5.92 Å². The van der Waals surface area contributed by atoms with Crippen LogP contribution in [0, 0.1) is 5.92 Å². The van der Waals surface area contributed by atoms with Gasteiger partial charge in [0, 0.05) is 38.0 Å². The average Bonchev–Trinajstić information content (AvgIpc) is 3.34. The van der Waals surface area contributed by atoms with E-state index in [-0.39, 0.29) is 11.8 Å². The molecule has 1 unspecified atom stereocenters. The molecule has 0 saturated carbocycles. The Balaban J connectivity index is 1.25. The number of nitrogens with zero attached hydrogens (tertiary/aromatic N) is 6. The van der Waals surface area contributed by atoms with Gasteiger partial charge in [-0.05, 0) is 30.1 Å². The summed E-state index contributed by atoms with van der Waals surface area (Å²) in [6.45, 7) is 3.84. The molecule has 2 aliphatic heterocycles. The van der Waals surface area contributed by atoms with E-state index >= 15 is 0 Å². The van der Waals surface area contributed by atoms with Gasteiger partial charge in [-0.2, -0.15) is 9.47 Å². The van der Waals surface area contributed by atoms with E-state index in [2.05, 4.69) is 37.6 Å². The number of piperazine rings is 1. The van der Waals surface area contributed by atoms with Crippen molar-refractivity contribution in [3.63, 3.8) is 0 Å². The molecule has 8 heteroatoms. The van der Waals surface area contributed by atoms with Gasteiger partial charge in [0.2, 0.25) is 5.91 Å². The fraction of sp³-hybridized carbons (Fsp3) is 0.444. The van der Waals surface area contributed by atoms with Crippen molar-refractivity contribution >= 4 is 33.3 Å². The van der Waals surface area contributed by atoms with Crippen LogP contribution < -0.4 is 4.90 Å². The summed E-state index contributed by atoms with van der Waals surface area (Å²) in [5.74, 6) is 2.33. The Morgan fingerprint density at radius 3 is 2.88 bits per heavy atom. The maximum absolute atomic E-state index is 12.9. The van der Waals surface area contributed by atoms with Crippen LogP contribution in [0.2, 0.25) is 0 Å². The van der Waals surface area contributed by atoms with E-state index in [1.165, 1.54) is 10.1 Å². The number of amides is 1. The highest BCUT2D eigenvalue weighted by Crippen LogP contribution is 2.30. The molecule has 1 fully saturated rings. The highest BCUT2D eigenvalue weighted by Gasteiger charge is 2.31. The molecular formula is C18H20N6OS. The van der Waals surface area contributed by atoms with Crippen molar-refractivity contribution in [1.82, 2.24) is 24.0 Å². The second-order valence-electron chi connectivity index (χ2n) is 6.91. The largest absolute Gasteiger partial charge is 0.352 e. The quantitative estimate of drug-likeness (QED) is 0.690. The number of anilines is 1. The van der Waals surface area contributed by atoms with E-state index in [4.69, 9.17) is 0 Å². The van der Waals surface area contributed by atoms with Crippen LogP contribution in [0.5, 0.6) is 0 Å². The summed E-state index contributed by atoms with van der Waals surface area (Å²) in [7, 11) is 0. The van der Waals surface area contributed by atoms with Gasteiger partial charge in [0.1, 0.15) is 18.0 Å². The van der Waals surface area contributed by atoms with Gasteiger partial charge in [-0.25, -0.2) is 9.67 Å². The lowest BCUT2D eigenvalue weighted by Gasteiger charge is -2.37. The van der Waals surface area contributed by atoms with Crippen LogP contribution in [-0.2, 0) is 17.8 Å². The minimum absolute atomic E-state index is 0.0239. The van der Waals surface area contributed by atoms with Crippen LogP contribution in [0.1, 0.15) is 12.2 Å². The van der Waals surface area contributed by atoms with Crippen LogP contribution in [0.4, 0.5) is 5.82 Å². The van der Waals surface area contributed by atoms with Crippen molar-refractivity contribution < 1.29 is 4.79 Å². The number of carbonyl (C=O) groups is 1. The fourth-order valence-electron chi connectivity index (χ4n) is 3.94. The summed E-state index contributed by atoms with van der Waals surface area (Å²) >= 11 is 1.54. The Morgan fingerprint density at radius 1 is 1.15 bits per heavy atom. The third kappa shape index (κ3) is 2.65. The molecule has 0 radical (unpaired) electrons. The topological polar surface area (TPSA) is 67.2 Å². The first-order chi connectivity index (χ1) is 12.8. The molecule has 0 aliphatic carbocycles. The Labute approximate surface area is 155 Å². The van der Waals surface area contributed by atoms with E-state index < -0.39 is 0 Å². The van der Waals surface area contributed by atoms with Gasteiger partial charge in [0.05, 0.1) is 17.2 Å². The second-order valence-corrected chi connectivity index (χ2v) is 7.71. The summed E-state index contributed by atoms with van der Waals surface area (Å²) in [5, 5.41) is 5.44. The molecule has 7 nitrogen and oxygen atoms in total. The Morgan fingerprint density at radius 2 is 2.00 bits per heavy atom. The van der Waals surface area contributed by atoms with Crippen LogP contribution in [-0.4, -0.2) is 56.1 Å². The smallest absolute Gasteiger partial charge is 0.227 e. The molecule has 1 saturated heterocycles. The summed E-state index contributed by atoms with van der Waals surface area (Å²) in [4.78, 5) is 21.5. The first-order valence-corrected chi connectivity index (χ1v) is 9.82. The molecule has 2 aliphatic rings. The summed E-state index contributed by atoms with van der Waals surface area (Å²) < 4.78 is 7.74. The standard InChI is InChI=1S/C18H20N6OS/c25-18(13-5-6-16-19-12-20-24(16)11-13)23-9-7-22(8-10-23)17-14-3-1-2-4-15(14)26-21-17/h1-4,12-13H,5-11H2. The van der Waals surface area contributed by atoms with Crippen molar-refractivity contribution in [3.05, 3.63) is 36.4 Å². The SMILES string of the molecule is O=C(C1CCc2ncnn2C1)N1CCN(c2nsc3ccccc23)CC1. The van der Waals surface area contributed by atoms with E-state index in [0.717, 1.165) is 50.7 Å². The molecule has 1 amide bonds. The predicted molar refractivity (Wildman–Crippen MR) is 100 cm³/mol. The molecule has 0 bridgehead atoms. The first kappa shape index (κ1) is 15.7. The third-order valence-electron chi connectivity index (χ3n) is 5.40. The maximum atomic E-state index is 12.9. The number of aryl methyl sites for hydroxylation is 1. The zero-order valence-corrected chi connectivity index (χ0v) is 15.2. The molecule has 26 heavy (non-hydrogen) atoms. The van der Waals surface area contributed by atoms with Gasteiger partial charge >= 0.3 is 0 Å². The minimum Gasteiger partial charge on any atom is -0.352 e. The summed E-state index contributed by atoms with van der Waals surface area (Å²) in [5.41, 5.74) is 0. The number of rotatable bonds is 2. The molecule has 134 valence electrons. The highest BCUT2D eigenvalue weighted by atomic mass is 32.1. The van der Waals surface area contributed by atoms with E-state index in [0.29, 0.717) is 6.54 Å². The Bertz CT molecular complexity index is 942. The molecule has 5 rings (SSSR count). The van der Waals surface area contributed by atoms with Crippen LogP contribution in [0.25, 0.3) is 10.1 Å². The van der Waals surface area contributed by atoms with Gasteiger partial charge in [-0.1, -0.05) is 12.1 Å². The van der Waals surface area contributed by atoms with Crippen LogP contribution in [0.15, 0.2) is 30.6 Å². The molecule has 2 aromatic heterocycles. The Hall–Kier alpha value is -2.48. The van der Waals surface area contributed by atoms with Gasteiger partial charge in [0.25, 0.3) is 0 Å². The summed E-state index contributed by atoms with van der Waals surface area (Å²) in [6, 6.07) is 8.34. The lowest BCUT2D eigenvalue weighted by atomic mass is 9.98. The van der Waals surface area contributed by atoms with Crippen molar-refractivity contribution in [2.45, 2.75) is 19.4 Å². The van der Waals surface area contributed by atoms with Crippen molar-refractivity contribution in [3.8, 4) is 0 Å². The average molecular weight is 368 g/mol. The second kappa shape index (κ2) is 6.35. The van der Waals surface area contributed by atoms with Crippen molar-refractivity contribution in [2.75, 3.05) is 31.1 Å². The highest BCUT2D eigenvalue weighted by molar-refractivity contribution is 7.13. The third-order valence-corrected chi connectivity index (χ3v) is 6.22. The normalized spacial score (nSPS) is 20.4. The summed E-state index contributed by atoms with van der Waals surface area (Å²) in [6.07, 6.45) is 3.29. The predicted octanol–water partition coefficient (Wildman–Crippen LogP) is 1.80. The zero-order chi connectivity index (χ0) is 17.5. The zero-order valence-electron chi connectivity index (χ0n) is 14.4. The molecule has 1 atom stereocenters. The molecule has 3 aromatic rings. The number of carbonyl (C=O) groups excluding carboxylic acids is 1. The molecular weight excluding hydrogens is 348 g/mol. The minimum atomic E-state index is 0.0239. The number of benzene rings is 1. The molecule has 1 aromatic carbocycles. The maximum Gasteiger partial charge on any atom is 0.227 e. The van der Waals surface area contributed by atoms with Gasteiger partial charge in [-0.3, -0.25) is 4.79 Å². The van der Waals surface area contributed by atoms with Gasteiger partial charge in [-0.15, -0.1) is 0 Å². The first-order valence-electron chi connectivity index (χ1n) is 9.04. The number of fused-ring (bicyclic) bond motifs is 2. The van der Waals surface area contributed by atoms with E-state index in [9.17, 15) is 4.79 Å². The van der Waals surface area contributed by atoms with Gasteiger partial charge < -0.3 is 9.80 Å². The molecule has 4 heterocycles. The van der Waals surface area contributed by atoms with E-state index in [1.54, 1.807) is 17.9 Å². The lowest BCUT2D eigenvalue weighted by molar-refractivity contribution is -0.137. The lowest BCUT2D eigenvalue weighted by Crippen LogP contribution is -2.51. The molecule has 0 N–H and O–H groups in total. The monoisotopic (exact) mass is 368 g/mol. The van der Waals surface area contributed by atoms with E-state index in [1.807, 2.05) is 15.6 Å². The number of hydrogen-bond acceptors (Lipinski definition) is 6. The van der Waals surface area contributed by atoms with Crippen LogP contribution in [0.3, 0.4) is 0 Å². The van der Waals surface area contributed by atoms with Crippen LogP contribution >= 0.6 is 11.5 Å². The number of hydrogen-bond donors (Lipinski definition) is 0. The molecule has 0 spiro atoms.